The largest absolute Gasteiger partial charge is 0.476 e. The molecule has 0 aliphatic carbocycles. The van der Waals surface area contributed by atoms with E-state index in [1.165, 1.54) is 12.8 Å². The van der Waals surface area contributed by atoms with Gasteiger partial charge < -0.3 is 20.1 Å². The summed E-state index contributed by atoms with van der Waals surface area (Å²) in [6.45, 7) is 2.61. The standard InChI is InChI=1S/C12H17N3O3/c16-12(17)13-6-9-18-11-5-3-4-10(14-11)15-7-1-2-8-15/h3-5,13H,1-2,6-9H2,(H,16,17). The van der Waals surface area contributed by atoms with E-state index in [9.17, 15) is 4.79 Å². The topological polar surface area (TPSA) is 74.7 Å². The van der Waals surface area contributed by atoms with Crippen molar-refractivity contribution < 1.29 is 14.6 Å². The Balaban J connectivity index is 1.85. The van der Waals surface area contributed by atoms with Crippen LogP contribution in [0.15, 0.2) is 18.2 Å². The van der Waals surface area contributed by atoms with Crippen LogP contribution in [0.3, 0.4) is 0 Å². The van der Waals surface area contributed by atoms with Gasteiger partial charge in [0.1, 0.15) is 12.4 Å². The molecule has 6 nitrogen and oxygen atoms in total. The number of carbonyl (C=O) groups is 1. The second-order valence-corrected chi connectivity index (χ2v) is 4.11. The molecule has 0 saturated carbocycles. The van der Waals surface area contributed by atoms with Gasteiger partial charge in [-0.1, -0.05) is 6.07 Å². The molecule has 1 aromatic heterocycles. The Hall–Kier alpha value is -1.98. The van der Waals surface area contributed by atoms with Crippen LogP contribution in [0, 0.1) is 0 Å². The highest BCUT2D eigenvalue weighted by Gasteiger charge is 2.13. The van der Waals surface area contributed by atoms with Gasteiger partial charge in [0.2, 0.25) is 5.88 Å². The predicted octanol–water partition coefficient (Wildman–Crippen LogP) is 1.33. The van der Waals surface area contributed by atoms with Crippen molar-refractivity contribution in [2.45, 2.75) is 12.8 Å². The molecule has 1 saturated heterocycles. The zero-order valence-electron chi connectivity index (χ0n) is 10.1. The number of anilines is 1. The summed E-state index contributed by atoms with van der Waals surface area (Å²) < 4.78 is 5.39. The average Bonchev–Trinajstić information content (AvgIpc) is 2.89. The van der Waals surface area contributed by atoms with Crippen LogP contribution in [0.1, 0.15) is 12.8 Å². The van der Waals surface area contributed by atoms with Crippen molar-refractivity contribution in [2.75, 3.05) is 31.1 Å². The van der Waals surface area contributed by atoms with Crippen LogP contribution in [0.4, 0.5) is 10.6 Å². The Morgan fingerprint density at radius 3 is 2.94 bits per heavy atom. The summed E-state index contributed by atoms with van der Waals surface area (Å²) in [5.74, 6) is 1.46. The van der Waals surface area contributed by atoms with Gasteiger partial charge in [0, 0.05) is 19.2 Å². The van der Waals surface area contributed by atoms with E-state index in [0.29, 0.717) is 5.88 Å². The Morgan fingerprint density at radius 1 is 1.44 bits per heavy atom. The summed E-state index contributed by atoms with van der Waals surface area (Å²) in [7, 11) is 0. The number of hydrogen-bond donors (Lipinski definition) is 2. The molecule has 0 spiro atoms. The maximum absolute atomic E-state index is 10.2. The highest BCUT2D eigenvalue weighted by Crippen LogP contribution is 2.20. The Morgan fingerprint density at radius 2 is 2.22 bits per heavy atom. The Bertz CT molecular complexity index is 405. The van der Waals surface area contributed by atoms with Gasteiger partial charge in [0.05, 0.1) is 6.54 Å². The summed E-state index contributed by atoms with van der Waals surface area (Å²) in [4.78, 5) is 16.9. The second-order valence-electron chi connectivity index (χ2n) is 4.11. The molecule has 2 heterocycles. The molecule has 2 rings (SSSR count). The first-order valence-electron chi connectivity index (χ1n) is 6.07. The van der Waals surface area contributed by atoms with Crippen LogP contribution in [-0.2, 0) is 0 Å². The van der Waals surface area contributed by atoms with Crippen LogP contribution >= 0.6 is 0 Å². The van der Waals surface area contributed by atoms with E-state index in [1.54, 1.807) is 6.07 Å². The molecule has 1 amide bonds. The van der Waals surface area contributed by atoms with Crippen LogP contribution in [0.2, 0.25) is 0 Å². The van der Waals surface area contributed by atoms with Crippen molar-refractivity contribution in [3.05, 3.63) is 18.2 Å². The quantitative estimate of drug-likeness (QED) is 0.772. The van der Waals surface area contributed by atoms with E-state index in [1.807, 2.05) is 12.1 Å². The molecule has 98 valence electrons. The minimum atomic E-state index is -1.04. The second kappa shape index (κ2) is 6.09. The first-order valence-corrected chi connectivity index (χ1v) is 6.07. The number of hydrogen-bond acceptors (Lipinski definition) is 4. The zero-order chi connectivity index (χ0) is 12.8. The molecule has 0 radical (unpaired) electrons. The zero-order valence-corrected chi connectivity index (χ0v) is 10.1. The average molecular weight is 251 g/mol. The first kappa shape index (κ1) is 12.5. The summed E-state index contributed by atoms with van der Waals surface area (Å²) in [6.07, 6.45) is 1.36. The number of nitrogens with one attached hydrogen (secondary N) is 1. The van der Waals surface area contributed by atoms with Crippen LogP contribution in [0.25, 0.3) is 0 Å². The SMILES string of the molecule is O=C(O)NCCOc1cccc(N2CCCC2)n1. The third kappa shape index (κ3) is 3.51. The minimum Gasteiger partial charge on any atom is -0.476 e. The molecule has 0 atom stereocenters. The number of rotatable bonds is 5. The number of amides is 1. The minimum absolute atomic E-state index is 0.255. The van der Waals surface area contributed by atoms with Crippen molar-refractivity contribution in [3.63, 3.8) is 0 Å². The highest BCUT2D eigenvalue weighted by atomic mass is 16.5. The normalized spacial score (nSPS) is 14.6. The molecular weight excluding hydrogens is 234 g/mol. The van der Waals surface area contributed by atoms with Gasteiger partial charge in [0.25, 0.3) is 0 Å². The fraction of sp³-hybridized carbons (Fsp3) is 0.500. The van der Waals surface area contributed by atoms with Gasteiger partial charge in [-0.2, -0.15) is 4.98 Å². The van der Waals surface area contributed by atoms with E-state index in [-0.39, 0.29) is 13.2 Å². The summed E-state index contributed by atoms with van der Waals surface area (Å²) in [5, 5.41) is 10.6. The number of carboxylic acid groups (broad SMARTS) is 1. The molecular formula is C12H17N3O3. The predicted molar refractivity (Wildman–Crippen MR) is 67.2 cm³/mol. The van der Waals surface area contributed by atoms with E-state index >= 15 is 0 Å². The van der Waals surface area contributed by atoms with Crippen molar-refractivity contribution in [3.8, 4) is 5.88 Å². The molecule has 0 bridgehead atoms. The fourth-order valence-corrected chi connectivity index (χ4v) is 1.92. The molecule has 6 heteroatoms. The van der Waals surface area contributed by atoms with Gasteiger partial charge >= 0.3 is 6.09 Å². The lowest BCUT2D eigenvalue weighted by molar-refractivity contribution is 0.190. The van der Waals surface area contributed by atoms with E-state index < -0.39 is 6.09 Å². The molecule has 0 unspecified atom stereocenters. The molecule has 1 aromatic rings. The monoisotopic (exact) mass is 251 g/mol. The van der Waals surface area contributed by atoms with E-state index in [0.717, 1.165) is 18.9 Å². The molecule has 1 fully saturated rings. The maximum Gasteiger partial charge on any atom is 0.404 e. The number of ether oxygens (including phenoxy) is 1. The van der Waals surface area contributed by atoms with Crippen LogP contribution < -0.4 is 15.0 Å². The third-order valence-corrected chi connectivity index (χ3v) is 2.77. The Labute approximate surface area is 106 Å². The highest BCUT2D eigenvalue weighted by molar-refractivity contribution is 5.64. The molecule has 1 aliphatic heterocycles. The van der Waals surface area contributed by atoms with E-state index in [2.05, 4.69) is 15.2 Å². The van der Waals surface area contributed by atoms with Gasteiger partial charge in [-0.3, -0.25) is 0 Å². The fourth-order valence-electron chi connectivity index (χ4n) is 1.92. The van der Waals surface area contributed by atoms with Gasteiger partial charge in [0.15, 0.2) is 0 Å². The molecule has 1 aliphatic rings. The lowest BCUT2D eigenvalue weighted by Gasteiger charge is -2.16. The lowest BCUT2D eigenvalue weighted by atomic mass is 10.4. The summed E-state index contributed by atoms with van der Waals surface area (Å²) in [5.41, 5.74) is 0. The van der Waals surface area contributed by atoms with E-state index in [4.69, 9.17) is 9.84 Å². The van der Waals surface area contributed by atoms with Gasteiger partial charge in [-0.05, 0) is 18.9 Å². The molecule has 2 N–H and O–H groups in total. The van der Waals surface area contributed by atoms with Gasteiger partial charge in [-0.15, -0.1) is 0 Å². The van der Waals surface area contributed by atoms with Gasteiger partial charge in [-0.25, -0.2) is 4.79 Å². The smallest absolute Gasteiger partial charge is 0.404 e. The van der Waals surface area contributed by atoms with Crippen molar-refractivity contribution in [1.29, 1.82) is 0 Å². The van der Waals surface area contributed by atoms with Crippen molar-refractivity contribution in [2.24, 2.45) is 0 Å². The third-order valence-electron chi connectivity index (χ3n) is 2.77. The maximum atomic E-state index is 10.2. The summed E-state index contributed by atoms with van der Waals surface area (Å²) in [6, 6.07) is 5.65. The number of pyridine rings is 1. The lowest BCUT2D eigenvalue weighted by Crippen LogP contribution is -2.26. The van der Waals surface area contributed by atoms with Crippen molar-refractivity contribution >= 4 is 11.9 Å². The number of nitrogens with zero attached hydrogens (tertiary/aromatic N) is 2. The molecule has 18 heavy (non-hydrogen) atoms. The number of aromatic nitrogens is 1. The van der Waals surface area contributed by atoms with Crippen molar-refractivity contribution in [1.82, 2.24) is 10.3 Å². The van der Waals surface area contributed by atoms with Crippen LogP contribution in [0.5, 0.6) is 5.88 Å². The summed E-state index contributed by atoms with van der Waals surface area (Å²) >= 11 is 0. The van der Waals surface area contributed by atoms with Crippen LogP contribution in [-0.4, -0.2) is 42.4 Å². The Kier molecular flexibility index (Phi) is 4.22. The molecule has 0 aromatic carbocycles. The first-order chi connectivity index (χ1) is 8.75.